The van der Waals surface area contributed by atoms with Gasteiger partial charge in [0.1, 0.15) is 17.4 Å². The first-order valence-electron chi connectivity index (χ1n) is 11.6. The fourth-order valence-corrected chi connectivity index (χ4v) is 4.07. The van der Waals surface area contributed by atoms with Crippen molar-refractivity contribution in [2.24, 2.45) is 0 Å². The second kappa shape index (κ2) is 9.45. The number of fused-ring (bicyclic) bond motifs is 1. The van der Waals surface area contributed by atoms with Crippen LogP contribution in [0.2, 0.25) is 0 Å². The first-order valence-corrected chi connectivity index (χ1v) is 11.6. The summed E-state index contributed by atoms with van der Waals surface area (Å²) in [5, 5.41) is 4.11. The quantitative estimate of drug-likeness (QED) is 0.379. The fraction of sp³-hybridized carbons (Fsp3) is 0.296. The van der Waals surface area contributed by atoms with Crippen LogP contribution in [0.15, 0.2) is 77.4 Å². The molecule has 1 fully saturated rings. The Morgan fingerprint density at radius 1 is 1.06 bits per heavy atom. The van der Waals surface area contributed by atoms with Crippen molar-refractivity contribution in [3.63, 3.8) is 0 Å². The topological polar surface area (TPSA) is 71.3 Å². The van der Waals surface area contributed by atoms with Crippen molar-refractivity contribution in [1.29, 1.82) is 0 Å². The molecule has 0 aliphatic heterocycles. The highest BCUT2D eigenvalue weighted by atomic mass is 16.3. The lowest BCUT2D eigenvalue weighted by molar-refractivity contribution is -0.121. The minimum Gasteiger partial charge on any atom is -0.467 e. The summed E-state index contributed by atoms with van der Waals surface area (Å²) in [7, 11) is 0. The molecule has 168 valence electrons. The van der Waals surface area contributed by atoms with Gasteiger partial charge in [-0.25, -0.2) is 9.97 Å². The van der Waals surface area contributed by atoms with Crippen LogP contribution in [-0.4, -0.2) is 22.4 Å². The Kier molecular flexibility index (Phi) is 6.07. The SMILES string of the molecule is CC(NC(=O)CCN(Cc1ccco1)c1nc(C2CC2)nc2ccccc12)c1ccccc1. The van der Waals surface area contributed by atoms with Gasteiger partial charge in [0.15, 0.2) is 0 Å². The van der Waals surface area contributed by atoms with Gasteiger partial charge in [-0.05, 0) is 49.6 Å². The number of hydrogen-bond donors (Lipinski definition) is 1. The lowest BCUT2D eigenvalue weighted by Crippen LogP contribution is -2.32. The van der Waals surface area contributed by atoms with Gasteiger partial charge in [0.2, 0.25) is 5.91 Å². The maximum Gasteiger partial charge on any atom is 0.222 e. The molecule has 1 N–H and O–H groups in total. The van der Waals surface area contributed by atoms with E-state index in [2.05, 4.69) is 10.2 Å². The maximum absolute atomic E-state index is 12.8. The first kappa shape index (κ1) is 21.2. The lowest BCUT2D eigenvalue weighted by Gasteiger charge is -2.25. The Hall–Kier alpha value is -3.67. The smallest absolute Gasteiger partial charge is 0.222 e. The van der Waals surface area contributed by atoms with Crippen LogP contribution in [0.1, 0.15) is 55.3 Å². The van der Waals surface area contributed by atoms with E-state index in [-0.39, 0.29) is 11.9 Å². The number of furan rings is 1. The molecular formula is C27H28N4O2. The van der Waals surface area contributed by atoms with Crippen molar-refractivity contribution < 1.29 is 9.21 Å². The van der Waals surface area contributed by atoms with Gasteiger partial charge in [0.05, 0.1) is 24.4 Å². The zero-order chi connectivity index (χ0) is 22.6. The summed E-state index contributed by atoms with van der Waals surface area (Å²) >= 11 is 0. The minimum atomic E-state index is -0.0430. The van der Waals surface area contributed by atoms with Gasteiger partial charge in [-0.1, -0.05) is 42.5 Å². The van der Waals surface area contributed by atoms with E-state index in [0.29, 0.717) is 25.4 Å². The number of amides is 1. The number of carbonyl (C=O) groups excluding carboxylic acids is 1. The third kappa shape index (κ3) is 5.06. The number of hydrogen-bond acceptors (Lipinski definition) is 5. The van der Waals surface area contributed by atoms with E-state index in [1.165, 1.54) is 0 Å². The van der Waals surface area contributed by atoms with Gasteiger partial charge >= 0.3 is 0 Å². The second-order valence-corrected chi connectivity index (χ2v) is 8.65. The van der Waals surface area contributed by atoms with Crippen molar-refractivity contribution in [1.82, 2.24) is 15.3 Å². The predicted molar refractivity (Wildman–Crippen MR) is 129 cm³/mol. The summed E-state index contributed by atoms with van der Waals surface area (Å²) in [6.07, 6.45) is 4.30. The summed E-state index contributed by atoms with van der Waals surface area (Å²) < 4.78 is 5.63. The van der Waals surface area contributed by atoms with E-state index in [0.717, 1.165) is 46.7 Å². The highest BCUT2D eigenvalue weighted by Gasteiger charge is 2.28. The number of para-hydroxylation sites is 1. The van der Waals surface area contributed by atoms with Crippen LogP contribution >= 0.6 is 0 Å². The molecule has 1 saturated carbocycles. The molecule has 2 aromatic heterocycles. The summed E-state index contributed by atoms with van der Waals surface area (Å²) in [5.41, 5.74) is 2.03. The number of nitrogens with one attached hydrogen (secondary N) is 1. The monoisotopic (exact) mass is 440 g/mol. The maximum atomic E-state index is 12.8. The average Bonchev–Trinajstić information content (AvgIpc) is 3.58. The van der Waals surface area contributed by atoms with Crippen molar-refractivity contribution in [2.75, 3.05) is 11.4 Å². The van der Waals surface area contributed by atoms with E-state index in [1.54, 1.807) is 6.26 Å². The summed E-state index contributed by atoms with van der Waals surface area (Å²) in [6.45, 7) is 3.08. The Bertz CT molecular complexity index is 1220. The molecule has 1 unspecified atom stereocenters. The molecule has 5 rings (SSSR count). The number of nitrogens with zero attached hydrogens (tertiary/aromatic N) is 3. The molecule has 2 heterocycles. The van der Waals surface area contributed by atoms with Gasteiger partial charge in [0, 0.05) is 24.3 Å². The zero-order valence-electron chi connectivity index (χ0n) is 18.8. The molecule has 0 radical (unpaired) electrons. The molecule has 4 aromatic rings. The van der Waals surface area contributed by atoms with Gasteiger partial charge in [0.25, 0.3) is 0 Å². The van der Waals surface area contributed by atoms with Gasteiger partial charge in [-0.15, -0.1) is 0 Å². The Balaban J connectivity index is 1.38. The van der Waals surface area contributed by atoms with Crippen LogP contribution in [0.5, 0.6) is 0 Å². The molecule has 0 bridgehead atoms. The number of anilines is 1. The Labute approximate surface area is 193 Å². The normalized spacial score (nSPS) is 14.2. The molecule has 0 saturated heterocycles. The molecule has 6 nitrogen and oxygen atoms in total. The van der Waals surface area contributed by atoms with Crippen LogP contribution in [-0.2, 0) is 11.3 Å². The third-order valence-electron chi connectivity index (χ3n) is 6.06. The number of aromatic nitrogens is 2. The summed E-state index contributed by atoms with van der Waals surface area (Å²) in [5.74, 6) is 3.05. The van der Waals surface area contributed by atoms with Crippen molar-refractivity contribution >= 4 is 22.6 Å². The van der Waals surface area contributed by atoms with E-state index >= 15 is 0 Å². The van der Waals surface area contributed by atoms with Gasteiger partial charge in [-0.3, -0.25) is 4.79 Å². The van der Waals surface area contributed by atoms with Crippen LogP contribution in [0.25, 0.3) is 10.9 Å². The number of carbonyl (C=O) groups is 1. The van der Waals surface area contributed by atoms with Gasteiger partial charge < -0.3 is 14.6 Å². The second-order valence-electron chi connectivity index (χ2n) is 8.65. The average molecular weight is 441 g/mol. The van der Waals surface area contributed by atoms with Crippen LogP contribution < -0.4 is 10.2 Å². The Morgan fingerprint density at radius 3 is 2.61 bits per heavy atom. The minimum absolute atomic E-state index is 0.0107. The number of benzene rings is 2. The van der Waals surface area contributed by atoms with Crippen molar-refractivity contribution in [2.45, 2.75) is 44.7 Å². The molecule has 2 aromatic carbocycles. The molecular weight excluding hydrogens is 412 g/mol. The van der Waals surface area contributed by atoms with Crippen LogP contribution in [0.4, 0.5) is 5.82 Å². The van der Waals surface area contributed by atoms with E-state index in [4.69, 9.17) is 14.4 Å². The molecule has 1 atom stereocenters. The van der Waals surface area contributed by atoms with Crippen LogP contribution in [0.3, 0.4) is 0 Å². The molecule has 1 aliphatic rings. The standard InChI is InChI=1S/C27H28N4O2/c1-19(20-8-3-2-4-9-20)28-25(32)15-16-31(18-22-10-7-17-33-22)27-23-11-5-6-12-24(23)29-26(30-27)21-13-14-21/h2-12,17,19,21H,13-16,18H2,1H3,(H,28,32). The predicted octanol–water partition coefficient (Wildman–Crippen LogP) is 5.37. The van der Waals surface area contributed by atoms with E-state index < -0.39 is 0 Å². The molecule has 6 heteroatoms. The van der Waals surface area contributed by atoms with E-state index in [1.807, 2.05) is 73.7 Å². The highest BCUT2D eigenvalue weighted by Crippen LogP contribution is 2.40. The molecule has 1 aliphatic carbocycles. The summed E-state index contributed by atoms with van der Waals surface area (Å²) in [6, 6.07) is 21.9. The molecule has 1 amide bonds. The molecule has 0 spiro atoms. The number of rotatable bonds is 9. The summed E-state index contributed by atoms with van der Waals surface area (Å²) in [4.78, 5) is 24.7. The zero-order valence-corrected chi connectivity index (χ0v) is 18.8. The highest BCUT2D eigenvalue weighted by molar-refractivity contribution is 5.90. The Morgan fingerprint density at radius 2 is 1.85 bits per heavy atom. The van der Waals surface area contributed by atoms with Crippen molar-refractivity contribution in [3.05, 3.63) is 90.1 Å². The van der Waals surface area contributed by atoms with Crippen molar-refractivity contribution in [3.8, 4) is 0 Å². The first-order chi connectivity index (χ1) is 16.2. The molecule has 33 heavy (non-hydrogen) atoms. The van der Waals surface area contributed by atoms with Gasteiger partial charge in [-0.2, -0.15) is 0 Å². The third-order valence-corrected chi connectivity index (χ3v) is 6.06. The fourth-order valence-electron chi connectivity index (χ4n) is 4.07. The largest absolute Gasteiger partial charge is 0.467 e. The lowest BCUT2D eigenvalue weighted by atomic mass is 10.1. The van der Waals surface area contributed by atoms with E-state index in [9.17, 15) is 4.79 Å². The van der Waals surface area contributed by atoms with Crippen LogP contribution in [0, 0.1) is 0 Å².